The number of aryl methyl sites for hydroxylation is 1. The third-order valence-electron chi connectivity index (χ3n) is 1.35. The van der Waals surface area contributed by atoms with E-state index in [1.54, 1.807) is 16.4 Å². The highest BCUT2D eigenvalue weighted by atomic mass is 32.2. The molecule has 0 saturated heterocycles. The standard InChI is InChI=1S/C6H13N5S/c1-10(2)4-5-12-6-7-8-9-11(6)3/h4-5H2,1-3H3. The average molecular weight is 187 g/mol. The maximum absolute atomic E-state index is 3.86. The van der Waals surface area contributed by atoms with Crippen LogP contribution in [0, 0.1) is 0 Å². The maximum Gasteiger partial charge on any atom is 0.209 e. The van der Waals surface area contributed by atoms with Gasteiger partial charge in [0.05, 0.1) is 0 Å². The lowest BCUT2D eigenvalue weighted by Gasteiger charge is -2.07. The van der Waals surface area contributed by atoms with Crippen LogP contribution in [0.2, 0.25) is 0 Å². The van der Waals surface area contributed by atoms with Crippen LogP contribution in [0.1, 0.15) is 0 Å². The molecule has 0 aliphatic heterocycles. The fraction of sp³-hybridized carbons (Fsp3) is 0.833. The number of tetrazole rings is 1. The Morgan fingerprint density at radius 3 is 2.75 bits per heavy atom. The van der Waals surface area contributed by atoms with Crippen molar-refractivity contribution in [3.8, 4) is 0 Å². The van der Waals surface area contributed by atoms with E-state index < -0.39 is 0 Å². The molecule has 0 bridgehead atoms. The quantitative estimate of drug-likeness (QED) is 0.614. The van der Waals surface area contributed by atoms with Crippen molar-refractivity contribution in [3.05, 3.63) is 0 Å². The van der Waals surface area contributed by atoms with E-state index in [1.165, 1.54) is 0 Å². The first kappa shape index (κ1) is 9.47. The van der Waals surface area contributed by atoms with E-state index in [4.69, 9.17) is 0 Å². The van der Waals surface area contributed by atoms with Gasteiger partial charge in [0.25, 0.3) is 0 Å². The van der Waals surface area contributed by atoms with Gasteiger partial charge in [-0.1, -0.05) is 11.8 Å². The van der Waals surface area contributed by atoms with Crippen LogP contribution < -0.4 is 0 Å². The molecule has 1 rings (SSSR count). The topological polar surface area (TPSA) is 46.8 Å². The first-order chi connectivity index (χ1) is 5.70. The molecule has 68 valence electrons. The molecule has 5 nitrogen and oxygen atoms in total. The van der Waals surface area contributed by atoms with Gasteiger partial charge >= 0.3 is 0 Å². The van der Waals surface area contributed by atoms with Gasteiger partial charge in [-0.25, -0.2) is 4.68 Å². The Hall–Kier alpha value is -0.620. The molecule has 0 radical (unpaired) electrons. The number of thioether (sulfide) groups is 1. The molecular formula is C6H13N5S. The number of rotatable bonds is 4. The van der Waals surface area contributed by atoms with Crippen LogP contribution in [-0.4, -0.2) is 51.5 Å². The second-order valence-electron chi connectivity index (χ2n) is 2.74. The zero-order valence-corrected chi connectivity index (χ0v) is 8.38. The lowest BCUT2D eigenvalue weighted by molar-refractivity contribution is 0.437. The molecule has 0 atom stereocenters. The molecule has 1 aromatic heterocycles. The predicted octanol–water partition coefficient (Wildman–Crippen LogP) is -0.136. The molecule has 1 aromatic rings. The van der Waals surface area contributed by atoms with Crippen LogP contribution >= 0.6 is 11.8 Å². The highest BCUT2D eigenvalue weighted by Crippen LogP contribution is 2.11. The Kier molecular flexibility index (Phi) is 3.48. The van der Waals surface area contributed by atoms with Gasteiger partial charge in [0, 0.05) is 19.3 Å². The van der Waals surface area contributed by atoms with Crippen molar-refractivity contribution in [2.24, 2.45) is 7.05 Å². The third-order valence-corrected chi connectivity index (χ3v) is 2.34. The molecule has 0 spiro atoms. The lowest BCUT2D eigenvalue weighted by Crippen LogP contribution is -2.15. The summed E-state index contributed by atoms with van der Waals surface area (Å²) in [7, 11) is 5.95. The molecule has 0 fully saturated rings. The first-order valence-electron chi connectivity index (χ1n) is 3.70. The molecule has 0 aliphatic rings. The van der Waals surface area contributed by atoms with Gasteiger partial charge in [0.1, 0.15) is 0 Å². The predicted molar refractivity (Wildman–Crippen MR) is 48.1 cm³/mol. The van der Waals surface area contributed by atoms with Crippen LogP contribution in [0.15, 0.2) is 5.16 Å². The second-order valence-corrected chi connectivity index (χ2v) is 3.80. The third kappa shape index (κ3) is 2.78. The summed E-state index contributed by atoms with van der Waals surface area (Å²) >= 11 is 1.67. The van der Waals surface area contributed by atoms with Crippen LogP contribution in [0.3, 0.4) is 0 Å². The summed E-state index contributed by atoms with van der Waals surface area (Å²) in [5.74, 6) is 1.02. The molecule has 0 aliphatic carbocycles. The SMILES string of the molecule is CN(C)CCSc1nnnn1C. The summed E-state index contributed by atoms with van der Waals surface area (Å²) < 4.78 is 1.68. The highest BCUT2D eigenvalue weighted by molar-refractivity contribution is 7.99. The molecule has 0 unspecified atom stereocenters. The summed E-state index contributed by atoms with van der Waals surface area (Å²) in [6.45, 7) is 1.04. The molecule has 0 N–H and O–H groups in total. The summed E-state index contributed by atoms with van der Waals surface area (Å²) in [4.78, 5) is 2.14. The Labute approximate surface area is 76.1 Å². The summed E-state index contributed by atoms with van der Waals surface area (Å²) in [6.07, 6.45) is 0. The highest BCUT2D eigenvalue weighted by Gasteiger charge is 2.01. The number of aromatic nitrogens is 4. The van der Waals surface area contributed by atoms with Crippen LogP contribution in [0.5, 0.6) is 0 Å². The van der Waals surface area contributed by atoms with E-state index in [0.717, 1.165) is 17.5 Å². The zero-order chi connectivity index (χ0) is 8.97. The normalized spacial score (nSPS) is 11.0. The Morgan fingerprint density at radius 2 is 2.25 bits per heavy atom. The average Bonchev–Trinajstić information content (AvgIpc) is 2.36. The van der Waals surface area contributed by atoms with Gasteiger partial charge in [-0.2, -0.15) is 0 Å². The van der Waals surface area contributed by atoms with E-state index in [-0.39, 0.29) is 0 Å². The number of hydrogen-bond acceptors (Lipinski definition) is 5. The minimum Gasteiger partial charge on any atom is -0.309 e. The van der Waals surface area contributed by atoms with Crippen LogP contribution in [0.4, 0.5) is 0 Å². The van der Waals surface area contributed by atoms with Crippen molar-refractivity contribution in [3.63, 3.8) is 0 Å². The molecular weight excluding hydrogens is 174 g/mol. The Bertz CT molecular complexity index is 234. The van der Waals surface area contributed by atoms with Gasteiger partial charge < -0.3 is 4.90 Å². The van der Waals surface area contributed by atoms with Crippen molar-refractivity contribution < 1.29 is 0 Å². The minimum absolute atomic E-state index is 0.872. The smallest absolute Gasteiger partial charge is 0.209 e. The van der Waals surface area contributed by atoms with E-state index >= 15 is 0 Å². The summed E-state index contributed by atoms with van der Waals surface area (Å²) in [5.41, 5.74) is 0. The minimum atomic E-state index is 0.872. The summed E-state index contributed by atoms with van der Waals surface area (Å²) in [6, 6.07) is 0. The van der Waals surface area contributed by atoms with E-state index in [9.17, 15) is 0 Å². The maximum atomic E-state index is 3.86. The van der Waals surface area contributed by atoms with Gasteiger partial charge in [0.15, 0.2) is 0 Å². The first-order valence-corrected chi connectivity index (χ1v) is 4.68. The zero-order valence-electron chi connectivity index (χ0n) is 7.56. The largest absolute Gasteiger partial charge is 0.309 e. The van der Waals surface area contributed by atoms with Gasteiger partial charge in [-0.3, -0.25) is 0 Å². The number of nitrogens with zero attached hydrogens (tertiary/aromatic N) is 5. The monoisotopic (exact) mass is 187 g/mol. The second kappa shape index (κ2) is 4.42. The molecule has 0 aromatic carbocycles. The van der Waals surface area contributed by atoms with Crippen molar-refractivity contribution in [1.29, 1.82) is 0 Å². The molecule has 6 heteroatoms. The molecule has 0 amide bonds. The van der Waals surface area contributed by atoms with Crippen LogP contribution in [0.25, 0.3) is 0 Å². The van der Waals surface area contributed by atoms with Gasteiger partial charge in [0.2, 0.25) is 5.16 Å². The van der Waals surface area contributed by atoms with E-state index in [0.29, 0.717) is 0 Å². The van der Waals surface area contributed by atoms with E-state index in [2.05, 4.69) is 34.5 Å². The molecule has 0 saturated carbocycles. The van der Waals surface area contributed by atoms with Crippen molar-refractivity contribution in [1.82, 2.24) is 25.1 Å². The van der Waals surface area contributed by atoms with Crippen molar-refractivity contribution in [2.75, 3.05) is 26.4 Å². The number of hydrogen-bond donors (Lipinski definition) is 0. The molecule has 12 heavy (non-hydrogen) atoms. The van der Waals surface area contributed by atoms with Gasteiger partial charge in [-0.05, 0) is 24.5 Å². The molecule has 1 heterocycles. The van der Waals surface area contributed by atoms with Crippen LogP contribution in [-0.2, 0) is 7.05 Å². The van der Waals surface area contributed by atoms with Gasteiger partial charge in [-0.15, -0.1) is 5.10 Å². The lowest BCUT2D eigenvalue weighted by atomic mass is 10.7. The van der Waals surface area contributed by atoms with Crippen molar-refractivity contribution in [2.45, 2.75) is 5.16 Å². The van der Waals surface area contributed by atoms with Crippen molar-refractivity contribution >= 4 is 11.8 Å². The fourth-order valence-electron chi connectivity index (χ4n) is 0.663. The fourth-order valence-corrected chi connectivity index (χ4v) is 1.62. The van der Waals surface area contributed by atoms with E-state index in [1.807, 2.05) is 7.05 Å². The Morgan fingerprint density at radius 1 is 1.50 bits per heavy atom. The summed E-state index contributed by atoms with van der Waals surface area (Å²) in [5, 5.41) is 12.0. The Balaban J connectivity index is 2.29.